The average Bonchev–Trinajstić information content (AvgIpc) is 2.06. The van der Waals surface area contributed by atoms with Crippen LogP contribution in [0.15, 0.2) is 16.6 Å². The van der Waals surface area contributed by atoms with Crippen LogP contribution in [0.3, 0.4) is 0 Å². The van der Waals surface area contributed by atoms with Gasteiger partial charge in [0.2, 0.25) is 0 Å². The molecule has 0 saturated heterocycles. The molecule has 0 aliphatic rings. The molecule has 0 atom stereocenters. The van der Waals surface area contributed by atoms with Gasteiger partial charge in [-0.2, -0.15) is 0 Å². The summed E-state index contributed by atoms with van der Waals surface area (Å²) in [6, 6.07) is 3.96. The van der Waals surface area contributed by atoms with Crippen LogP contribution in [-0.2, 0) is 6.54 Å². The Bertz CT molecular complexity index is 310. The Morgan fingerprint density at radius 1 is 1.38 bits per heavy atom. The summed E-state index contributed by atoms with van der Waals surface area (Å²) >= 11 is 3.35. The monoisotopic (exact) mass is 243 g/mol. The van der Waals surface area contributed by atoms with Gasteiger partial charge in [0.15, 0.2) is 0 Å². The molecule has 0 aromatic heterocycles. The Labute approximate surface area is 87.3 Å². The highest BCUT2D eigenvalue weighted by Crippen LogP contribution is 2.31. The van der Waals surface area contributed by atoms with Gasteiger partial charge in [0.1, 0.15) is 5.75 Å². The van der Waals surface area contributed by atoms with Crippen molar-refractivity contribution in [3.05, 3.63) is 27.7 Å². The quantitative estimate of drug-likeness (QED) is 0.864. The maximum atomic E-state index is 9.75. The third-order valence-electron chi connectivity index (χ3n) is 1.88. The number of aromatic hydroxyl groups is 1. The van der Waals surface area contributed by atoms with Crippen molar-refractivity contribution in [1.82, 2.24) is 4.90 Å². The van der Waals surface area contributed by atoms with Crippen LogP contribution in [0.1, 0.15) is 11.1 Å². The molecule has 2 nitrogen and oxygen atoms in total. The normalized spacial score (nSPS) is 10.8. The van der Waals surface area contributed by atoms with E-state index in [0.29, 0.717) is 5.75 Å². The minimum atomic E-state index is 0.355. The SMILES string of the molecule is Cc1ccc(CN(C)C)c(O)c1Br. The standard InChI is InChI=1S/C10H14BrNO/c1-7-4-5-8(6-12(2)3)10(13)9(7)11/h4-5,13H,6H2,1-3H3. The Morgan fingerprint density at radius 2 is 2.00 bits per heavy atom. The van der Waals surface area contributed by atoms with Crippen LogP contribution >= 0.6 is 15.9 Å². The molecule has 0 aliphatic heterocycles. The zero-order valence-corrected chi connectivity index (χ0v) is 9.72. The topological polar surface area (TPSA) is 23.5 Å². The van der Waals surface area contributed by atoms with E-state index in [1.165, 1.54) is 0 Å². The van der Waals surface area contributed by atoms with E-state index in [2.05, 4.69) is 15.9 Å². The minimum Gasteiger partial charge on any atom is -0.506 e. The number of nitrogens with zero attached hydrogens (tertiary/aromatic N) is 1. The molecular weight excluding hydrogens is 230 g/mol. The van der Waals surface area contributed by atoms with E-state index in [1.54, 1.807) is 0 Å². The lowest BCUT2D eigenvalue weighted by Gasteiger charge is -2.12. The van der Waals surface area contributed by atoms with Crippen molar-refractivity contribution in [3.8, 4) is 5.75 Å². The first-order chi connectivity index (χ1) is 6.02. The second-order valence-corrected chi connectivity index (χ2v) is 4.23. The van der Waals surface area contributed by atoms with E-state index in [1.807, 2.05) is 38.1 Å². The van der Waals surface area contributed by atoms with Crippen molar-refractivity contribution in [2.75, 3.05) is 14.1 Å². The van der Waals surface area contributed by atoms with Crippen LogP contribution < -0.4 is 0 Å². The lowest BCUT2D eigenvalue weighted by atomic mass is 10.1. The highest BCUT2D eigenvalue weighted by molar-refractivity contribution is 9.10. The second-order valence-electron chi connectivity index (χ2n) is 3.44. The molecule has 1 N–H and O–H groups in total. The number of phenolic OH excluding ortho intramolecular Hbond substituents is 1. The molecule has 3 heteroatoms. The summed E-state index contributed by atoms with van der Waals surface area (Å²) in [6.45, 7) is 2.72. The smallest absolute Gasteiger partial charge is 0.134 e. The fourth-order valence-corrected chi connectivity index (χ4v) is 1.56. The van der Waals surface area contributed by atoms with Gasteiger partial charge < -0.3 is 10.0 Å². The van der Waals surface area contributed by atoms with Gasteiger partial charge in [-0.05, 0) is 42.5 Å². The molecule has 0 amide bonds. The van der Waals surface area contributed by atoms with Crippen molar-refractivity contribution >= 4 is 15.9 Å². The van der Waals surface area contributed by atoms with Gasteiger partial charge in [-0.1, -0.05) is 12.1 Å². The Kier molecular flexibility index (Phi) is 3.33. The molecule has 0 saturated carbocycles. The van der Waals surface area contributed by atoms with Gasteiger partial charge in [-0.3, -0.25) is 0 Å². The summed E-state index contributed by atoms with van der Waals surface area (Å²) in [4.78, 5) is 2.02. The van der Waals surface area contributed by atoms with Crippen molar-refractivity contribution in [3.63, 3.8) is 0 Å². The van der Waals surface area contributed by atoms with Gasteiger partial charge in [-0.25, -0.2) is 0 Å². The van der Waals surface area contributed by atoms with Crippen molar-refractivity contribution in [1.29, 1.82) is 0 Å². The molecule has 13 heavy (non-hydrogen) atoms. The third-order valence-corrected chi connectivity index (χ3v) is 2.88. The summed E-state index contributed by atoms with van der Waals surface area (Å²) < 4.78 is 0.798. The first kappa shape index (κ1) is 10.5. The predicted octanol–water partition coefficient (Wildman–Crippen LogP) is 2.52. The average molecular weight is 244 g/mol. The first-order valence-corrected chi connectivity index (χ1v) is 4.93. The van der Waals surface area contributed by atoms with E-state index in [4.69, 9.17) is 0 Å². The summed E-state index contributed by atoms with van der Waals surface area (Å²) in [5.41, 5.74) is 2.00. The summed E-state index contributed by atoms with van der Waals surface area (Å²) in [5.74, 6) is 0.355. The molecule has 1 aromatic rings. The molecule has 0 radical (unpaired) electrons. The van der Waals surface area contributed by atoms with E-state index in [0.717, 1.165) is 22.1 Å². The third kappa shape index (κ3) is 2.45. The van der Waals surface area contributed by atoms with Crippen molar-refractivity contribution < 1.29 is 5.11 Å². The first-order valence-electron chi connectivity index (χ1n) is 4.14. The Balaban J connectivity index is 3.04. The van der Waals surface area contributed by atoms with Gasteiger partial charge in [-0.15, -0.1) is 0 Å². The summed E-state index contributed by atoms with van der Waals surface area (Å²) in [7, 11) is 3.96. The van der Waals surface area contributed by atoms with Crippen LogP contribution in [0.4, 0.5) is 0 Å². The Morgan fingerprint density at radius 3 is 2.54 bits per heavy atom. The van der Waals surface area contributed by atoms with Crippen LogP contribution in [-0.4, -0.2) is 24.1 Å². The van der Waals surface area contributed by atoms with Crippen LogP contribution in [0, 0.1) is 6.92 Å². The summed E-state index contributed by atoms with van der Waals surface area (Å²) in [5, 5.41) is 9.75. The molecule has 0 aliphatic carbocycles. The molecule has 1 rings (SSSR count). The van der Waals surface area contributed by atoms with E-state index >= 15 is 0 Å². The maximum Gasteiger partial charge on any atom is 0.134 e. The van der Waals surface area contributed by atoms with Gasteiger partial charge in [0.05, 0.1) is 4.47 Å². The number of aryl methyl sites for hydroxylation is 1. The fraction of sp³-hybridized carbons (Fsp3) is 0.400. The van der Waals surface area contributed by atoms with Crippen molar-refractivity contribution in [2.45, 2.75) is 13.5 Å². The van der Waals surface area contributed by atoms with Crippen LogP contribution in [0.2, 0.25) is 0 Å². The fourth-order valence-electron chi connectivity index (χ4n) is 1.17. The lowest BCUT2D eigenvalue weighted by Crippen LogP contribution is -2.10. The van der Waals surface area contributed by atoms with Gasteiger partial charge in [0.25, 0.3) is 0 Å². The zero-order chi connectivity index (χ0) is 10.0. The lowest BCUT2D eigenvalue weighted by molar-refractivity contribution is 0.385. The molecule has 72 valence electrons. The zero-order valence-electron chi connectivity index (χ0n) is 8.13. The molecule has 0 bridgehead atoms. The van der Waals surface area contributed by atoms with Crippen LogP contribution in [0.25, 0.3) is 0 Å². The van der Waals surface area contributed by atoms with Gasteiger partial charge in [0, 0.05) is 12.1 Å². The molecular formula is C10H14BrNO. The molecule has 0 heterocycles. The van der Waals surface area contributed by atoms with Crippen LogP contribution in [0.5, 0.6) is 5.75 Å². The maximum absolute atomic E-state index is 9.75. The number of rotatable bonds is 2. The van der Waals surface area contributed by atoms with Gasteiger partial charge >= 0.3 is 0 Å². The predicted molar refractivity (Wildman–Crippen MR) is 57.9 cm³/mol. The van der Waals surface area contributed by atoms with Crippen molar-refractivity contribution in [2.24, 2.45) is 0 Å². The minimum absolute atomic E-state index is 0.355. The summed E-state index contributed by atoms with van der Waals surface area (Å²) in [6.07, 6.45) is 0. The Hall–Kier alpha value is -0.540. The largest absolute Gasteiger partial charge is 0.506 e. The van der Waals surface area contributed by atoms with E-state index < -0.39 is 0 Å². The molecule has 0 fully saturated rings. The molecule has 0 spiro atoms. The highest BCUT2D eigenvalue weighted by Gasteiger charge is 2.07. The van der Waals surface area contributed by atoms with E-state index in [9.17, 15) is 5.11 Å². The number of hydrogen-bond donors (Lipinski definition) is 1. The molecule has 1 aromatic carbocycles. The highest BCUT2D eigenvalue weighted by atomic mass is 79.9. The molecule has 0 unspecified atom stereocenters. The van der Waals surface area contributed by atoms with E-state index in [-0.39, 0.29) is 0 Å². The number of hydrogen-bond acceptors (Lipinski definition) is 2. The second kappa shape index (κ2) is 4.11. The number of halogens is 1. The number of benzene rings is 1. The number of phenols is 1.